The van der Waals surface area contributed by atoms with Crippen molar-refractivity contribution >= 4 is 49.6 Å². The van der Waals surface area contributed by atoms with Gasteiger partial charge in [0.15, 0.2) is 0 Å². The van der Waals surface area contributed by atoms with Crippen molar-refractivity contribution in [1.29, 1.82) is 0 Å². The smallest absolute Gasteiger partial charge is 0.0782 e. The van der Waals surface area contributed by atoms with E-state index in [9.17, 15) is 0 Å². The Morgan fingerprint density at radius 3 is 1.82 bits per heavy atom. The molecule has 0 radical (unpaired) electrons. The molecule has 5 aliphatic rings. The Kier molecular flexibility index (Phi) is 8.55. The maximum atomic E-state index is 2.56. The minimum atomic E-state index is -0.0988. The van der Waals surface area contributed by atoms with Crippen LogP contribution in [0, 0.1) is 17.8 Å². The quantitative estimate of drug-likeness (QED) is 0.155. The van der Waals surface area contributed by atoms with Crippen molar-refractivity contribution < 1.29 is 0 Å². The van der Waals surface area contributed by atoms with E-state index in [0.717, 1.165) is 34.8 Å². The van der Waals surface area contributed by atoms with Crippen molar-refractivity contribution in [2.75, 3.05) is 4.90 Å². The molecule has 9 aromatic carbocycles. The van der Waals surface area contributed by atoms with Crippen LogP contribution in [-0.4, -0.2) is 4.57 Å². The van der Waals surface area contributed by atoms with E-state index in [4.69, 9.17) is 0 Å². The normalized spacial score (nSPS) is 21.0. The first kappa shape index (κ1) is 39.0. The number of para-hydroxylation sites is 3. The molecule has 2 heteroatoms. The molecule has 0 aliphatic heterocycles. The Hall–Kier alpha value is -7.16. The monoisotopic (exact) mass is 862 g/mol. The third-order valence-electron chi connectivity index (χ3n) is 16.9. The summed E-state index contributed by atoms with van der Waals surface area (Å²) < 4.78 is 2.48. The van der Waals surface area contributed by atoms with Crippen LogP contribution in [-0.2, 0) is 10.8 Å². The van der Waals surface area contributed by atoms with Gasteiger partial charge < -0.3 is 9.47 Å². The Morgan fingerprint density at radius 2 is 1.06 bits per heavy atom. The minimum absolute atomic E-state index is 0.0988. The molecule has 4 bridgehead atoms. The van der Waals surface area contributed by atoms with Gasteiger partial charge in [0.05, 0.1) is 16.7 Å². The number of benzene rings is 9. The largest absolute Gasteiger partial charge is 0.308 e. The summed E-state index contributed by atoms with van der Waals surface area (Å²) in [5, 5.41) is 5.01. The summed E-state index contributed by atoms with van der Waals surface area (Å²) in [6, 6.07) is 75.2. The van der Waals surface area contributed by atoms with Gasteiger partial charge in [0.2, 0.25) is 0 Å². The standard InChI is InChI=1S/C65H54N2/c1-64(2)57-33-32-50(38-56(57)54-27-14-29-58(62(54)64)65-39-42-34-43(40-65)36-44(35-42)41-65)66(60-31-15-28-55-53-24-9-10-30-59(53)67(63(55)60)48-21-7-4-8-22-48)49-23-11-20-47(37-49)52-26-13-19-46-18-12-25-51(61(46)52)45-16-5-3-6-17-45/h3-33,37-38,42-44H,34-36,39-41H2,1-2H3. The van der Waals surface area contributed by atoms with Gasteiger partial charge in [-0.1, -0.05) is 166 Å². The van der Waals surface area contributed by atoms with E-state index in [1.165, 1.54) is 116 Å². The second-order valence-corrected chi connectivity index (χ2v) is 21.1. The fraction of sp³-hybridized carbons (Fsp3) is 0.200. The van der Waals surface area contributed by atoms with Crippen LogP contribution in [0.2, 0.25) is 0 Å². The van der Waals surface area contributed by atoms with Crippen molar-refractivity contribution in [2.45, 2.75) is 63.2 Å². The van der Waals surface area contributed by atoms with Gasteiger partial charge in [-0.2, -0.15) is 0 Å². The summed E-state index contributed by atoms with van der Waals surface area (Å²) in [5.74, 6) is 2.70. The lowest BCUT2D eigenvalue weighted by atomic mass is 9.47. The van der Waals surface area contributed by atoms with Crippen LogP contribution in [0.15, 0.2) is 200 Å². The SMILES string of the molecule is CC1(C)c2ccc(N(c3cccc(-c4cccc5cccc(-c6ccccc6)c45)c3)c3cccc4c5ccccc5n(-c5ccccc5)c34)cc2-c2cccc(C34CC5CC(CC(C5)C3)C4)c21. The lowest BCUT2D eigenvalue weighted by Crippen LogP contribution is -2.49. The van der Waals surface area contributed by atoms with E-state index in [2.05, 4.69) is 224 Å². The fourth-order valence-electron chi connectivity index (χ4n) is 14.6. The van der Waals surface area contributed by atoms with Crippen molar-refractivity contribution in [3.8, 4) is 39.1 Å². The van der Waals surface area contributed by atoms with Crippen molar-refractivity contribution in [1.82, 2.24) is 4.57 Å². The number of fused-ring (bicyclic) bond motifs is 7. The maximum Gasteiger partial charge on any atom is 0.0782 e. The molecule has 5 aliphatic carbocycles. The van der Waals surface area contributed by atoms with Gasteiger partial charge in [0.1, 0.15) is 0 Å². The average molecular weight is 863 g/mol. The van der Waals surface area contributed by atoms with Gasteiger partial charge in [0, 0.05) is 33.2 Å². The molecular formula is C65H54N2. The first-order valence-corrected chi connectivity index (χ1v) is 24.8. The third-order valence-corrected chi connectivity index (χ3v) is 16.9. The predicted molar refractivity (Wildman–Crippen MR) is 281 cm³/mol. The van der Waals surface area contributed by atoms with Crippen LogP contribution >= 0.6 is 0 Å². The molecular weight excluding hydrogens is 809 g/mol. The molecule has 1 aromatic heterocycles. The first-order chi connectivity index (χ1) is 32.9. The topological polar surface area (TPSA) is 8.17 Å². The lowest BCUT2D eigenvalue weighted by Gasteiger charge is -2.58. The second-order valence-electron chi connectivity index (χ2n) is 21.1. The van der Waals surface area contributed by atoms with Crippen LogP contribution in [0.5, 0.6) is 0 Å². The molecule has 0 unspecified atom stereocenters. The zero-order valence-electron chi connectivity index (χ0n) is 38.4. The van der Waals surface area contributed by atoms with Crippen molar-refractivity contribution in [3.05, 3.63) is 217 Å². The molecule has 2 nitrogen and oxygen atoms in total. The van der Waals surface area contributed by atoms with Crippen LogP contribution in [0.25, 0.3) is 71.6 Å². The van der Waals surface area contributed by atoms with Crippen LogP contribution < -0.4 is 4.90 Å². The van der Waals surface area contributed by atoms with Gasteiger partial charge in [-0.15, -0.1) is 0 Å². The van der Waals surface area contributed by atoms with Crippen molar-refractivity contribution in [3.63, 3.8) is 0 Å². The number of aromatic nitrogens is 1. The highest BCUT2D eigenvalue weighted by Crippen LogP contribution is 2.64. The summed E-state index contributed by atoms with van der Waals surface area (Å²) in [5.41, 5.74) is 19.6. The Balaban J connectivity index is 1.01. The molecule has 67 heavy (non-hydrogen) atoms. The zero-order valence-corrected chi connectivity index (χ0v) is 38.4. The first-order valence-electron chi connectivity index (χ1n) is 24.8. The van der Waals surface area contributed by atoms with Crippen LogP contribution in [0.3, 0.4) is 0 Å². The zero-order chi connectivity index (χ0) is 44.4. The molecule has 1 heterocycles. The highest BCUT2D eigenvalue weighted by atomic mass is 15.2. The molecule has 0 saturated heterocycles. The number of nitrogens with zero attached hydrogens (tertiary/aromatic N) is 2. The van der Waals surface area contributed by atoms with Crippen LogP contribution in [0.4, 0.5) is 17.1 Å². The van der Waals surface area contributed by atoms with Crippen molar-refractivity contribution in [2.24, 2.45) is 17.8 Å². The molecule has 4 fully saturated rings. The maximum absolute atomic E-state index is 2.56. The molecule has 0 amide bonds. The number of hydrogen-bond donors (Lipinski definition) is 0. The van der Waals surface area contributed by atoms with E-state index < -0.39 is 0 Å². The highest BCUT2D eigenvalue weighted by Gasteiger charge is 2.54. The summed E-state index contributed by atoms with van der Waals surface area (Å²) in [7, 11) is 0. The molecule has 0 N–H and O–H groups in total. The lowest BCUT2D eigenvalue weighted by molar-refractivity contribution is -0.00580. The molecule has 10 aromatic rings. The number of rotatable bonds is 7. The van der Waals surface area contributed by atoms with Gasteiger partial charge in [-0.3, -0.25) is 0 Å². The Morgan fingerprint density at radius 1 is 0.463 bits per heavy atom. The molecule has 324 valence electrons. The number of anilines is 3. The van der Waals surface area contributed by atoms with E-state index >= 15 is 0 Å². The van der Waals surface area contributed by atoms with E-state index in [1.807, 2.05) is 0 Å². The molecule has 4 saturated carbocycles. The van der Waals surface area contributed by atoms with Gasteiger partial charge in [0.25, 0.3) is 0 Å². The summed E-state index contributed by atoms with van der Waals surface area (Å²) in [6.45, 7) is 5.02. The predicted octanol–water partition coefficient (Wildman–Crippen LogP) is 17.5. The fourth-order valence-corrected chi connectivity index (χ4v) is 14.6. The minimum Gasteiger partial charge on any atom is -0.308 e. The summed E-state index contributed by atoms with van der Waals surface area (Å²) >= 11 is 0. The van der Waals surface area contributed by atoms with E-state index in [0.29, 0.717) is 5.41 Å². The van der Waals surface area contributed by atoms with Gasteiger partial charge in [-0.25, -0.2) is 0 Å². The second kappa shape index (κ2) is 14.7. The molecule has 0 atom stereocenters. The van der Waals surface area contributed by atoms with Gasteiger partial charge >= 0.3 is 0 Å². The average Bonchev–Trinajstić information content (AvgIpc) is 3.82. The molecule has 0 spiro atoms. The highest BCUT2D eigenvalue weighted by molar-refractivity contribution is 6.15. The summed E-state index contributed by atoms with van der Waals surface area (Å²) in [4.78, 5) is 2.56. The van der Waals surface area contributed by atoms with Gasteiger partial charge in [-0.05, 0) is 171 Å². The summed E-state index contributed by atoms with van der Waals surface area (Å²) in [6.07, 6.45) is 8.51. The third kappa shape index (κ3) is 5.88. The van der Waals surface area contributed by atoms with E-state index in [-0.39, 0.29) is 5.41 Å². The number of hydrogen-bond acceptors (Lipinski definition) is 1. The molecule has 15 rings (SSSR count). The van der Waals surface area contributed by atoms with E-state index in [1.54, 1.807) is 11.1 Å². The Bertz CT molecular complexity index is 3550. The van der Waals surface area contributed by atoms with Crippen LogP contribution in [0.1, 0.15) is 69.1 Å². The Labute approximate surface area is 394 Å².